The monoisotopic (exact) mass is 187 g/mol. The van der Waals surface area contributed by atoms with Crippen molar-refractivity contribution in [1.29, 1.82) is 0 Å². The highest BCUT2D eigenvalue weighted by molar-refractivity contribution is 5.94. The molecule has 0 amide bonds. The minimum absolute atomic E-state index is 0.0640. The Hall–Kier alpha value is -1.90. The third-order valence-corrected chi connectivity index (χ3v) is 2.01. The van der Waals surface area contributed by atoms with E-state index in [1.54, 1.807) is 25.3 Å². The van der Waals surface area contributed by atoms with Crippen LogP contribution in [0.1, 0.15) is 17.3 Å². The maximum absolute atomic E-state index is 11.0. The first-order valence-corrected chi connectivity index (χ1v) is 4.27. The SMILES string of the molecule is CC(=O)c1ccc(-c2cnco2)cc1. The lowest BCUT2D eigenvalue weighted by atomic mass is 10.1. The van der Waals surface area contributed by atoms with E-state index >= 15 is 0 Å². The maximum Gasteiger partial charge on any atom is 0.181 e. The average molecular weight is 187 g/mol. The Morgan fingerprint density at radius 2 is 2.00 bits per heavy atom. The van der Waals surface area contributed by atoms with Crippen LogP contribution in [0, 0.1) is 0 Å². The molecule has 1 aromatic carbocycles. The summed E-state index contributed by atoms with van der Waals surface area (Å²) in [5.74, 6) is 0.772. The van der Waals surface area contributed by atoms with Gasteiger partial charge in [-0.2, -0.15) is 0 Å². The van der Waals surface area contributed by atoms with Crippen LogP contribution in [0.3, 0.4) is 0 Å². The fourth-order valence-corrected chi connectivity index (χ4v) is 1.23. The van der Waals surface area contributed by atoms with Crippen molar-refractivity contribution in [2.45, 2.75) is 6.92 Å². The van der Waals surface area contributed by atoms with Gasteiger partial charge in [-0.25, -0.2) is 4.98 Å². The van der Waals surface area contributed by atoms with Crippen LogP contribution in [-0.4, -0.2) is 10.8 Å². The summed E-state index contributed by atoms with van der Waals surface area (Å²) in [5, 5.41) is 0. The summed E-state index contributed by atoms with van der Waals surface area (Å²) in [7, 11) is 0. The zero-order valence-electron chi connectivity index (χ0n) is 7.73. The highest BCUT2D eigenvalue weighted by Gasteiger charge is 2.02. The number of rotatable bonds is 2. The smallest absolute Gasteiger partial charge is 0.181 e. The number of hydrogen-bond donors (Lipinski definition) is 0. The second-order valence-corrected chi connectivity index (χ2v) is 3.00. The molecule has 70 valence electrons. The summed E-state index contributed by atoms with van der Waals surface area (Å²) in [4.78, 5) is 14.8. The molecule has 0 atom stereocenters. The molecule has 0 saturated heterocycles. The number of aromatic nitrogens is 1. The topological polar surface area (TPSA) is 43.1 Å². The molecule has 0 spiro atoms. The van der Waals surface area contributed by atoms with E-state index in [0.29, 0.717) is 11.3 Å². The average Bonchev–Trinajstić information content (AvgIpc) is 2.71. The molecule has 3 heteroatoms. The van der Waals surface area contributed by atoms with E-state index in [2.05, 4.69) is 4.98 Å². The minimum Gasteiger partial charge on any atom is -0.444 e. The molecule has 2 aromatic rings. The van der Waals surface area contributed by atoms with Gasteiger partial charge in [0.1, 0.15) is 0 Å². The fourth-order valence-electron chi connectivity index (χ4n) is 1.23. The zero-order chi connectivity index (χ0) is 9.97. The Bertz CT molecular complexity index is 429. The molecule has 1 aromatic heterocycles. The summed E-state index contributed by atoms with van der Waals surface area (Å²) in [5.41, 5.74) is 1.63. The van der Waals surface area contributed by atoms with Crippen LogP contribution < -0.4 is 0 Å². The van der Waals surface area contributed by atoms with Gasteiger partial charge in [-0.15, -0.1) is 0 Å². The van der Waals surface area contributed by atoms with Crippen LogP contribution >= 0.6 is 0 Å². The van der Waals surface area contributed by atoms with Gasteiger partial charge in [0.05, 0.1) is 6.20 Å². The predicted molar refractivity (Wildman–Crippen MR) is 51.9 cm³/mol. The number of hydrogen-bond acceptors (Lipinski definition) is 3. The van der Waals surface area contributed by atoms with E-state index in [1.807, 2.05) is 12.1 Å². The van der Waals surface area contributed by atoms with Crippen molar-refractivity contribution in [3.8, 4) is 11.3 Å². The van der Waals surface area contributed by atoms with Gasteiger partial charge in [-0.1, -0.05) is 24.3 Å². The maximum atomic E-state index is 11.0. The van der Waals surface area contributed by atoms with Gasteiger partial charge in [-0.05, 0) is 6.92 Å². The van der Waals surface area contributed by atoms with Gasteiger partial charge in [-0.3, -0.25) is 4.79 Å². The van der Waals surface area contributed by atoms with E-state index in [1.165, 1.54) is 6.39 Å². The highest BCUT2D eigenvalue weighted by Crippen LogP contribution is 2.18. The lowest BCUT2D eigenvalue weighted by Gasteiger charge is -1.97. The number of ketones is 1. The molecule has 0 N–H and O–H groups in total. The van der Waals surface area contributed by atoms with Crippen molar-refractivity contribution in [3.63, 3.8) is 0 Å². The number of Topliss-reactive ketones (excluding diaryl/α,β-unsaturated/α-hetero) is 1. The number of nitrogens with zero attached hydrogens (tertiary/aromatic N) is 1. The molecule has 0 saturated carbocycles. The molecule has 0 fully saturated rings. The van der Waals surface area contributed by atoms with Gasteiger partial charge in [0.15, 0.2) is 17.9 Å². The van der Waals surface area contributed by atoms with E-state index in [-0.39, 0.29) is 5.78 Å². The molecule has 0 aliphatic rings. The van der Waals surface area contributed by atoms with E-state index < -0.39 is 0 Å². The first-order valence-electron chi connectivity index (χ1n) is 4.27. The second-order valence-electron chi connectivity index (χ2n) is 3.00. The van der Waals surface area contributed by atoms with E-state index in [9.17, 15) is 4.79 Å². The molecular weight excluding hydrogens is 178 g/mol. The van der Waals surface area contributed by atoms with E-state index in [0.717, 1.165) is 5.56 Å². The fraction of sp³-hybridized carbons (Fsp3) is 0.0909. The van der Waals surface area contributed by atoms with Gasteiger partial charge < -0.3 is 4.42 Å². The van der Waals surface area contributed by atoms with Crippen molar-refractivity contribution in [3.05, 3.63) is 42.4 Å². The molecule has 0 radical (unpaired) electrons. The van der Waals surface area contributed by atoms with Crippen LogP contribution in [0.4, 0.5) is 0 Å². The lowest BCUT2D eigenvalue weighted by molar-refractivity contribution is 0.101. The van der Waals surface area contributed by atoms with Crippen molar-refractivity contribution in [1.82, 2.24) is 4.98 Å². The second kappa shape index (κ2) is 3.46. The summed E-state index contributed by atoms with van der Waals surface area (Å²) in [6.45, 7) is 1.55. The van der Waals surface area contributed by atoms with Crippen LogP contribution in [0.25, 0.3) is 11.3 Å². The van der Waals surface area contributed by atoms with Crippen molar-refractivity contribution in [2.75, 3.05) is 0 Å². The van der Waals surface area contributed by atoms with Gasteiger partial charge in [0.25, 0.3) is 0 Å². The summed E-state index contributed by atoms with van der Waals surface area (Å²) in [6, 6.07) is 7.24. The molecule has 0 bridgehead atoms. The van der Waals surface area contributed by atoms with Gasteiger partial charge in [0.2, 0.25) is 0 Å². The molecule has 0 aliphatic heterocycles. The first-order chi connectivity index (χ1) is 6.77. The van der Waals surface area contributed by atoms with Crippen LogP contribution in [-0.2, 0) is 0 Å². The molecule has 2 rings (SSSR count). The van der Waals surface area contributed by atoms with Crippen LogP contribution in [0.15, 0.2) is 41.3 Å². The van der Waals surface area contributed by atoms with Crippen LogP contribution in [0.5, 0.6) is 0 Å². The number of carbonyl (C=O) groups is 1. The Morgan fingerprint density at radius 1 is 1.29 bits per heavy atom. The molecule has 3 nitrogen and oxygen atoms in total. The minimum atomic E-state index is 0.0640. The first kappa shape index (κ1) is 8.69. The van der Waals surface area contributed by atoms with Gasteiger partial charge >= 0.3 is 0 Å². The quantitative estimate of drug-likeness (QED) is 0.678. The number of carbonyl (C=O) groups excluding carboxylic acids is 1. The zero-order valence-corrected chi connectivity index (χ0v) is 7.73. The summed E-state index contributed by atoms with van der Waals surface area (Å²) in [6.07, 6.45) is 3.02. The van der Waals surface area contributed by atoms with Gasteiger partial charge in [0, 0.05) is 11.1 Å². The molecule has 1 heterocycles. The number of oxazole rings is 1. The predicted octanol–water partition coefficient (Wildman–Crippen LogP) is 2.54. The normalized spacial score (nSPS) is 10.1. The standard InChI is InChI=1S/C11H9NO2/c1-8(13)9-2-4-10(5-3-9)11-6-12-7-14-11/h2-7H,1H3. The third kappa shape index (κ3) is 1.57. The molecule has 14 heavy (non-hydrogen) atoms. The molecule has 0 aliphatic carbocycles. The van der Waals surface area contributed by atoms with Crippen molar-refractivity contribution >= 4 is 5.78 Å². The van der Waals surface area contributed by atoms with Crippen LogP contribution in [0.2, 0.25) is 0 Å². The largest absolute Gasteiger partial charge is 0.444 e. The number of benzene rings is 1. The Labute approximate surface area is 81.4 Å². The van der Waals surface area contributed by atoms with Crippen molar-refractivity contribution < 1.29 is 9.21 Å². The summed E-state index contributed by atoms with van der Waals surface area (Å²) >= 11 is 0. The van der Waals surface area contributed by atoms with Crippen molar-refractivity contribution in [2.24, 2.45) is 0 Å². The molecule has 0 unspecified atom stereocenters. The molecular formula is C11H9NO2. The summed E-state index contributed by atoms with van der Waals surface area (Å²) < 4.78 is 5.12. The Kier molecular flexibility index (Phi) is 2.14. The Balaban J connectivity index is 2.36. The Morgan fingerprint density at radius 3 is 2.50 bits per heavy atom. The third-order valence-electron chi connectivity index (χ3n) is 2.01. The lowest BCUT2D eigenvalue weighted by Crippen LogP contribution is -1.90. The highest BCUT2D eigenvalue weighted by atomic mass is 16.3. The van der Waals surface area contributed by atoms with E-state index in [4.69, 9.17) is 4.42 Å².